The number of aromatic nitrogens is 1. The fraction of sp³-hybridized carbons (Fsp3) is 0.310. The predicted molar refractivity (Wildman–Crippen MR) is 147 cm³/mol. The lowest BCUT2D eigenvalue weighted by Crippen LogP contribution is -2.29. The minimum atomic E-state index is -1.01. The molecule has 0 bridgehead atoms. The lowest BCUT2D eigenvalue weighted by Gasteiger charge is -2.23. The first-order chi connectivity index (χ1) is 18.8. The topological polar surface area (TPSA) is 115 Å². The summed E-state index contributed by atoms with van der Waals surface area (Å²) in [5, 5.41) is 11.5. The Labute approximate surface area is 230 Å². The van der Waals surface area contributed by atoms with Gasteiger partial charge in [-0.05, 0) is 55.3 Å². The number of benzene rings is 2. The zero-order chi connectivity index (χ0) is 28.1. The Balaban J connectivity index is 1.85. The second-order valence-corrected chi connectivity index (χ2v) is 9.91. The molecule has 1 fully saturated rings. The monoisotopic (exact) mass is 550 g/mol. The molecule has 1 aliphatic heterocycles. The number of esters is 1. The van der Waals surface area contributed by atoms with Crippen LogP contribution in [0.25, 0.3) is 5.76 Å². The molecule has 1 aliphatic rings. The van der Waals surface area contributed by atoms with Gasteiger partial charge in [0.2, 0.25) is 0 Å². The van der Waals surface area contributed by atoms with Crippen LogP contribution in [0, 0.1) is 6.92 Å². The van der Waals surface area contributed by atoms with Gasteiger partial charge in [-0.25, -0.2) is 9.78 Å². The van der Waals surface area contributed by atoms with Crippen molar-refractivity contribution in [3.63, 3.8) is 0 Å². The Morgan fingerprint density at radius 1 is 1.08 bits per heavy atom. The number of aryl methyl sites for hydroxylation is 1. The average molecular weight is 551 g/mol. The molecule has 1 aromatic heterocycles. The smallest absolute Gasteiger partial charge is 0.350 e. The van der Waals surface area contributed by atoms with Crippen molar-refractivity contribution in [2.24, 2.45) is 0 Å². The molecule has 9 nitrogen and oxygen atoms in total. The van der Waals surface area contributed by atoms with E-state index in [1.165, 1.54) is 19.1 Å². The minimum absolute atomic E-state index is 0.0965. The molecule has 0 spiro atoms. The largest absolute Gasteiger partial charge is 0.507 e. The van der Waals surface area contributed by atoms with Crippen LogP contribution in [0.2, 0.25) is 0 Å². The van der Waals surface area contributed by atoms with E-state index < -0.39 is 23.7 Å². The number of carbonyl (C=O) groups excluding carboxylic acids is 3. The molecule has 1 unspecified atom stereocenters. The molecule has 1 atom stereocenters. The third kappa shape index (κ3) is 5.65. The SMILES string of the molecule is CCCCCOc1cccc(C2/C(=C(\O)c3ccc(OC)cc3)C(=O)C(=O)N2c2nc(C)c(C(=O)OC)s2)c1. The summed E-state index contributed by atoms with van der Waals surface area (Å²) in [6, 6.07) is 12.6. The van der Waals surface area contributed by atoms with Crippen molar-refractivity contribution in [2.45, 2.75) is 39.2 Å². The number of aliphatic hydroxyl groups is 1. The molecule has 10 heteroatoms. The molecule has 0 saturated carbocycles. The highest BCUT2D eigenvalue weighted by Crippen LogP contribution is 2.44. The summed E-state index contributed by atoms with van der Waals surface area (Å²) in [6.45, 7) is 4.26. The van der Waals surface area contributed by atoms with E-state index in [1.54, 1.807) is 55.5 Å². The molecule has 1 saturated heterocycles. The van der Waals surface area contributed by atoms with Gasteiger partial charge in [0.1, 0.15) is 22.1 Å². The number of ketones is 1. The number of ether oxygens (including phenoxy) is 3. The fourth-order valence-corrected chi connectivity index (χ4v) is 5.35. The molecule has 0 radical (unpaired) electrons. The van der Waals surface area contributed by atoms with Gasteiger partial charge in [-0.3, -0.25) is 14.5 Å². The predicted octanol–water partition coefficient (Wildman–Crippen LogP) is 5.44. The van der Waals surface area contributed by atoms with E-state index in [1.807, 2.05) is 0 Å². The maximum Gasteiger partial charge on any atom is 0.350 e. The number of thiazole rings is 1. The van der Waals surface area contributed by atoms with Crippen LogP contribution in [0.5, 0.6) is 11.5 Å². The summed E-state index contributed by atoms with van der Waals surface area (Å²) < 4.78 is 16.0. The Hall–Kier alpha value is -4.18. The van der Waals surface area contributed by atoms with E-state index in [2.05, 4.69) is 11.9 Å². The number of Topliss-reactive ketones (excluding diaryl/α,β-unsaturated/α-hetero) is 1. The van der Waals surface area contributed by atoms with Gasteiger partial charge in [0.05, 0.1) is 38.1 Å². The number of unbranched alkanes of at least 4 members (excludes halogenated alkanes) is 2. The van der Waals surface area contributed by atoms with Gasteiger partial charge >= 0.3 is 11.9 Å². The summed E-state index contributed by atoms with van der Waals surface area (Å²) in [6.07, 6.45) is 2.99. The summed E-state index contributed by atoms with van der Waals surface area (Å²) in [5.74, 6) is -1.51. The van der Waals surface area contributed by atoms with Crippen LogP contribution < -0.4 is 14.4 Å². The van der Waals surface area contributed by atoms with E-state index in [4.69, 9.17) is 14.2 Å². The Kier molecular flexibility index (Phi) is 8.65. The van der Waals surface area contributed by atoms with Crippen molar-refractivity contribution >= 4 is 39.9 Å². The van der Waals surface area contributed by atoms with E-state index in [0.717, 1.165) is 30.6 Å². The number of aliphatic hydroxyl groups excluding tert-OH is 1. The Morgan fingerprint density at radius 3 is 2.49 bits per heavy atom. The van der Waals surface area contributed by atoms with Crippen molar-refractivity contribution in [1.82, 2.24) is 4.98 Å². The Morgan fingerprint density at radius 2 is 1.82 bits per heavy atom. The quantitative estimate of drug-likeness (QED) is 0.117. The molecular formula is C29H30N2O7S. The molecule has 1 amide bonds. The first kappa shape index (κ1) is 27.8. The van der Waals surface area contributed by atoms with Gasteiger partial charge in [0, 0.05) is 5.56 Å². The molecule has 0 aliphatic carbocycles. The Bertz CT molecular complexity index is 1410. The molecule has 204 valence electrons. The van der Waals surface area contributed by atoms with Crippen molar-refractivity contribution < 1.29 is 33.7 Å². The maximum atomic E-state index is 13.5. The number of anilines is 1. The number of hydrogen-bond donors (Lipinski definition) is 1. The van der Waals surface area contributed by atoms with E-state index in [0.29, 0.717) is 34.9 Å². The molecule has 2 heterocycles. The number of carbonyl (C=O) groups is 3. The average Bonchev–Trinajstić information content (AvgIpc) is 3.46. The van der Waals surface area contributed by atoms with Gasteiger partial charge in [0.15, 0.2) is 5.13 Å². The van der Waals surface area contributed by atoms with Crippen LogP contribution in [0.4, 0.5) is 5.13 Å². The van der Waals surface area contributed by atoms with E-state index in [-0.39, 0.29) is 21.3 Å². The van der Waals surface area contributed by atoms with Crippen molar-refractivity contribution in [1.29, 1.82) is 0 Å². The van der Waals surface area contributed by atoms with Gasteiger partial charge in [0.25, 0.3) is 5.78 Å². The molecule has 4 rings (SSSR count). The first-order valence-electron chi connectivity index (χ1n) is 12.5. The molecule has 3 aromatic rings. The highest BCUT2D eigenvalue weighted by Gasteiger charge is 2.48. The van der Waals surface area contributed by atoms with Crippen LogP contribution in [-0.4, -0.2) is 48.6 Å². The summed E-state index contributed by atoms with van der Waals surface area (Å²) in [4.78, 5) is 45.0. The second kappa shape index (κ2) is 12.1. The molecule has 39 heavy (non-hydrogen) atoms. The van der Waals surface area contributed by atoms with Gasteiger partial charge in [-0.2, -0.15) is 0 Å². The van der Waals surface area contributed by atoms with Gasteiger partial charge in [-0.15, -0.1) is 0 Å². The third-order valence-electron chi connectivity index (χ3n) is 6.36. The fourth-order valence-electron chi connectivity index (χ4n) is 4.33. The van der Waals surface area contributed by atoms with E-state index in [9.17, 15) is 19.5 Å². The highest BCUT2D eigenvalue weighted by atomic mass is 32.1. The zero-order valence-corrected chi connectivity index (χ0v) is 23.0. The van der Waals surface area contributed by atoms with Crippen molar-refractivity contribution in [2.75, 3.05) is 25.7 Å². The number of hydrogen-bond acceptors (Lipinski definition) is 9. The highest BCUT2D eigenvalue weighted by molar-refractivity contribution is 7.17. The number of amides is 1. The molecule has 1 N–H and O–H groups in total. The van der Waals surface area contributed by atoms with Crippen molar-refractivity contribution in [3.05, 3.63) is 75.8 Å². The summed E-state index contributed by atoms with van der Waals surface area (Å²) >= 11 is 0.947. The maximum absolute atomic E-state index is 13.5. The summed E-state index contributed by atoms with van der Waals surface area (Å²) in [7, 11) is 2.78. The van der Waals surface area contributed by atoms with Gasteiger partial charge in [-0.1, -0.05) is 43.2 Å². The van der Waals surface area contributed by atoms with Crippen LogP contribution in [0.15, 0.2) is 54.1 Å². The summed E-state index contributed by atoms with van der Waals surface area (Å²) in [5.41, 5.74) is 1.16. The lowest BCUT2D eigenvalue weighted by atomic mass is 9.95. The second-order valence-electron chi connectivity index (χ2n) is 8.93. The standard InChI is InChI=1S/C29H30N2O7S/c1-5-6-7-15-38-21-10-8-9-19(16-21)23-22(24(32)18-11-13-20(36-3)14-12-18)25(33)27(34)31(23)29-30-17(2)26(39-29)28(35)37-4/h8-14,16,23,32H,5-7,15H2,1-4H3/b24-22+. The van der Waals surface area contributed by atoms with E-state index >= 15 is 0 Å². The van der Waals surface area contributed by atoms with Crippen molar-refractivity contribution in [3.8, 4) is 11.5 Å². The number of methoxy groups -OCH3 is 2. The molecular weight excluding hydrogens is 520 g/mol. The minimum Gasteiger partial charge on any atom is -0.507 e. The van der Waals surface area contributed by atoms with Crippen LogP contribution in [0.1, 0.15) is 58.7 Å². The van der Waals surface area contributed by atoms with Crippen LogP contribution in [-0.2, 0) is 14.3 Å². The lowest BCUT2D eigenvalue weighted by molar-refractivity contribution is -0.132. The van der Waals surface area contributed by atoms with Crippen LogP contribution in [0.3, 0.4) is 0 Å². The van der Waals surface area contributed by atoms with Gasteiger partial charge < -0.3 is 19.3 Å². The normalized spacial score (nSPS) is 16.4. The first-order valence-corrected chi connectivity index (χ1v) is 13.4. The zero-order valence-electron chi connectivity index (χ0n) is 22.2. The van der Waals surface area contributed by atoms with Crippen LogP contribution >= 0.6 is 11.3 Å². The number of rotatable bonds is 10. The third-order valence-corrected chi connectivity index (χ3v) is 7.50. The molecule has 2 aromatic carbocycles. The number of nitrogens with zero attached hydrogens (tertiary/aromatic N) is 2.